The summed E-state index contributed by atoms with van der Waals surface area (Å²) < 4.78 is 6.83. The zero-order valence-electron chi connectivity index (χ0n) is 18.8. The molecule has 3 rings (SSSR count). The third kappa shape index (κ3) is 6.19. The maximum atomic E-state index is 12.7. The number of carbonyl (C=O) groups is 3. The third-order valence-electron chi connectivity index (χ3n) is 5.08. The Hall–Kier alpha value is -4.14. The first-order chi connectivity index (χ1) is 15.9. The normalized spacial score (nSPS) is 11.4. The molecule has 0 bridgehead atoms. The smallest absolute Gasteiger partial charge is 0.413 e. The van der Waals surface area contributed by atoms with Crippen LogP contribution in [-0.2, 0) is 27.8 Å². The second-order valence-corrected chi connectivity index (χ2v) is 7.35. The Morgan fingerprint density at radius 2 is 1.76 bits per heavy atom. The van der Waals surface area contributed by atoms with E-state index >= 15 is 0 Å². The first-order valence-electron chi connectivity index (χ1n) is 10.5. The van der Waals surface area contributed by atoms with Crippen LogP contribution in [0.4, 0.5) is 16.2 Å². The number of hydrogen-bond acceptors (Lipinski definition) is 5. The van der Waals surface area contributed by atoms with Gasteiger partial charge in [0.25, 0.3) is 0 Å². The minimum Gasteiger partial charge on any atom is -0.449 e. The van der Waals surface area contributed by atoms with Crippen LogP contribution < -0.4 is 15.5 Å². The molecule has 3 aromatic rings. The summed E-state index contributed by atoms with van der Waals surface area (Å²) in [6.07, 6.45) is 3.47. The molecule has 0 unspecified atom stereocenters. The van der Waals surface area contributed by atoms with Gasteiger partial charge in [-0.1, -0.05) is 30.3 Å². The van der Waals surface area contributed by atoms with Gasteiger partial charge in [-0.05, 0) is 36.8 Å². The average molecular weight is 450 g/mol. The zero-order chi connectivity index (χ0) is 23.8. The molecule has 0 radical (unpaired) electrons. The van der Waals surface area contributed by atoms with Gasteiger partial charge in [-0.25, -0.2) is 9.78 Å². The fourth-order valence-corrected chi connectivity index (χ4v) is 3.22. The summed E-state index contributed by atoms with van der Waals surface area (Å²) in [5.74, 6) is -0.765. The van der Waals surface area contributed by atoms with Crippen molar-refractivity contribution in [1.82, 2.24) is 14.9 Å². The van der Waals surface area contributed by atoms with Crippen molar-refractivity contribution in [2.24, 2.45) is 7.05 Å². The van der Waals surface area contributed by atoms with Gasteiger partial charge in [0.05, 0.1) is 12.6 Å². The van der Waals surface area contributed by atoms with Gasteiger partial charge in [0.2, 0.25) is 0 Å². The Kier molecular flexibility index (Phi) is 7.80. The van der Waals surface area contributed by atoms with Gasteiger partial charge in [-0.15, -0.1) is 0 Å². The quantitative estimate of drug-likeness (QED) is 0.540. The number of aromatic nitrogens is 2. The number of carbonyl (C=O) groups excluding carboxylic acids is 3. The SMILES string of the molecule is CCOC(=O)N(C)c1ccc(NC(=O)C(=O)N[C@@H](Cc2nccn2C)c2ccccc2)cc1. The number of anilines is 2. The fraction of sp³-hybridized carbons (Fsp3) is 0.250. The lowest BCUT2D eigenvalue weighted by molar-refractivity contribution is -0.136. The number of hydrogen-bond donors (Lipinski definition) is 2. The Morgan fingerprint density at radius 3 is 2.36 bits per heavy atom. The van der Waals surface area contributed by atoms with Crippen LogP contribution in [0.2, 0.25) is 0 Å². The van der Waals surface area contributed by atoms with E-state index in [2.05, 4.69) is 15.6 Å². The first kappa shape index (κ1) is 23.5. The first-order valence-corrected chi connectivity index (χ1v) is 10.5. The monoisotopic (exact) mass is 449 g/mol. The van der Waals surface area contributed by atoms with E-state index in [9.17, 15) is 14.4 Å². The molecule has 3 amide bonds. The highest BCUT2D eigenvalue weighted by molar-refractivity contribution is 6.39. The molecule has 1 atom stereocenters. The maximum absolute atomic E-state index is 12.7. The van der Waals surface area contributed by atoms with Crippen molar-refractivity contribution < 1.29 is 19.1 Å². The topological polar surface area (TPSA) is 106 Å². The van der Waals surface area contributed by atoms with Crippen LogP contribution in [0, 0.1) is 0 Å². The minimum atomic E-state index is -0.790. The summed E-state index contributed by atoms with van der Waals surface area (Å²) in [7, 11) is 3.46. The zero-order valence-corrected chi connectivity index (χ0v) is 18.8. The molecule has 0 aliphatic rings. The molecule has 0 fully saturated rings. The summed E-state index contributed by atoms with van der Waals surface area (Å²) >= 11 is 0. The summed E-state index contributed by atoms with van der Waals surface area (Å²) in [4.78, 5) is 42.7. The predicted octanol–water partition coefficient (Wildman–Crippen LogP) is 3.05. The van der Waals surface area contributed by atoms with Crippen molar-refractivity contribution in [3.63, 3.8) is 0 Å². The van der Waals surface area contributed by atoms with Crippen molar-refractivity contribution in [2.45, 2.75) is 19.4 Å². The lowest BCUT2D eigenvalue weighted by Gasteiger charge is -2.19. The van der Waals surface area contributed by atoms with E-state index in [-0.39, 0.29) is 6.61 Å². The molecular weight excluding hydrogens is 422 g/mol. The molecule has 0 spiro atoms. The maximum Gasteiger partial charge on any atom is 0.413 e. The van der Waals surface area contributed by atoms with E-state index in [1.54, 1.807) is 44.4 Å². The van der Waals surface area contributed by atoms with Crippen LogP contribution in [0.1, 0.15) is 24.4 Å². The second-order valence-electron chi connectivity index (χ2n) is 7.35. The number of nitrogens with zero attached hydrogens (tertiary/aromatic N) is 3. The van der Waals surface area contributed by atoms with Gasteiger partial charge in [-0.3, -0.25) is 14.5 Å². The Balaban J connectivity index is 1.66. The molecule has 172 valence electrons. The molecule has 1 heterocycles. The lowest BCUT2D eigenvalue weighted by Crippen LogP contribution is -2.38. The summed E-state index contributed by atoms with van der Waals surface area (Å²) in [6.45, 7) is 2.00. The van der Waals surface area contributed by atoms with Crippen molar-refractivity contribution in [1.29, 1.82) is 0 Å². The Labute approximate surface area is 192 Å². The lowest BCUT2D eigenvalue weighted by atomic mass is 10.0. The van der Waals surface area contributed by atoms with Gasteiger partial charge in [0.15, 0.2) is 0 Å². The second kappa shape index (κ2) is 10.9. The molecule has 0 aliphatic carbocycles. The van der Waals surface area contributed by atoms with Crippen LogP contribution in [0.5, 0.6) is 0 Å². The van der Waals surface area contributed by atoms with Crippen molar-refractivity contribution in [2.75, 3.05) is 23.9 Å². The van der Waals surface area contributed by atoms with Crippen molar-refractivity contribution in [3.05, 3.63) is 78.4 Å². The van der Waals surface area contributed by atoms with Gasteiger partial charge in [-0.2, -0.15) is 0 Å². The van der Waals surface area contributed by atoms with E-state index in [0.29, 0.717) is 17.8 Å². The van der Waals surface area contributed by atoms with E-state index in [1.165, 1.54) is 4.90 Å². The highest BCUT2D eigenvalue weighted by Crippen LogP contribution is 2.19. The van der Waals surface area contributed by atoms with Crippen LogP contribution in [-0.4, -0.2) is 41.1 Å². The highest BCUT2D eigenvalue weighted by atomic mass is 16.6. The van der Waals surface area contributed by atoms with E-state index in [4.69, 9.17) is 4.74 Å². The largest absolute Gasteiger partial charge is 0.449 e. The summed E-state index contributed by atoms with van der Waals surface area (Å²) in [5, 5.41) is 5.39. The van der Waals surface area contributed by atoms with E-state index in [1.807, 2.05) is 48.1 Å². The standard InChI is InChI=1S/C24H27N5O4/c1-4-33-24(32)29(3)19-12-10-18(11-13-19)26-22(30)23(31)27-20(17-8-6-5-7-9-17)16-21-25-14-15-28(21)2/h5-15,20H,4,16H2,1-3H3,(H,26,30)(H,27,31)/t20-/m0/s1. The molecule has 33 heavy (non-hydrogen) atoms. The van der Waals surface area contributed by atoms with Crippen molar-refractivity contribution in [3.8, 4) is 0 Å². The minimum absolute atomic E-state index is 0.274. The Bertz CT molecular complexity index is 1100. The van der Waals surface area contributed by atoms with E-state index in [0.717, 1.165) is 11.4 Å². The fourth-order valence-electron chi connectivity index (χ4n) is 3.22. The molecule has 0 saturated heterocycles. The molecule has 2 aromatic carbocycles. The van der Waals surface area contributed by atoms with Crippen LogP contribution in [0.15, 0.2) is 67.0 Å². The molecule has 0 aliphatic heterocycles. The van der Waals surface area contributed by atoms with Gasteiger partial charge in [0, 0.05) is 44.3 Å². The van der Waals surface area contributed by atoms with Crippen LogP contribution in [0.3, 0.4) is 0 Å². The molecule has 2 N–H and O–H groups in total. The van der Waals surface area contributed by atoms with Crippen LogP contribution >= 0.6 is 0 Å². The number of nitrogens with one attached hydrogen (secondary N) is 2. The van der Waals surface area contributed by atoms with Crippen molar-refractivity contribution >= 4 is 29.3 Å². The number of amides is 3. The van der Waals surface area contributed by atoms with Gasteiger partial charge >= 0.3 is 17.9 Å². The number of benzene rings is 2. The van der Waals surface area contributed by atoms with E-state index < -0.39 is 23.9 Å². The average Bonchev–Trinajstić information content (AvgIpc) is 3.23. The van der Waals surface area contributed by atoms with Gasteiger partial charge < -0.3 is 19.9 Å². The summed E-state index contributed by atoms with van der Waals surface area (Å²) in [6, 6.07) is 15.5. The number of ether oxygens (including phenoxy) is 1. The molecule has 9 heteroatoms. The van der Waals surface area contributed by atoms with Crippen LogP contribution in [0.25, 0.3) is 0 Å². The summed E-state index contributed by atoms with van der Waals surface area (Å²) in [5.41, 5.74) is 1.89. The van der Waals surface area contributed by atoms with Gasteiger partial charge in [0.1, 0.15) is 5.82 Å². The molecule has 0 saturated carbocycles. The number of rotatable bonds is 7. The molecular formula is C24H27N5O4. The third-order valence-corrected chi connectivity index (χ3v) is 5.08. The number of aryl methyl sites for hydroxylation is 1. The highest BCUT2D eigenvalue weighted by Gasteiger charge is 2.22. The molecule has 1 aromatic heterocycles. The Morgan fingerprint density at radius 1 is 1.06 bits per heavy atom. The predicted molar refractivity (Wildman–Crippen MR) is 125 cm³/mol. The number of imidazole rings is 1. The molecule has 9 nitrogen and oxygen atoms in total.